The van der Waals surface area contributed by atoms with E-state index in [0.717, 1.165) is 24.8 Å². The summed E-state index contributed by atoms with van der Waals surface area (Å²) in [6, 6.07) is 4.42. The summed E-state index contributed by atoms with van der Waals surface area (Å²) in [7, 11) is 3.22. The van der Waals surface area contributed by atoms with Crippen molar-refractivity contribution in [2.24, 2.45) is 5.92 Å². The Balaban J connectivity index is 1.67. The molecule has 2 aliphatic rings. The van der Waals surface area contributed by atoms with Crippen molar-refractivity contribution in [3.05, 3.63) is 29.6 Å². The molecular formula is C19H26FN3O3. The Morgan fingerprint density at radius 2 is 2.15 bits per heavy atom. The van der Waals surface area contributed by atoms with Crippen molar-refractivity contribution in [2.45, 2.75) is 44.7 Å². The largest absolute Gasteiger partial charge is 0.494 e. The van der Waals surface area contributed by atoms with Gasteiger partial charge in [0, 0.05) is 6.54 Å². The standard InChI is InChI=1S/C19H26FN3O3/c1-13-6-4-5-9-19(13)17(24)23(18(25)21-19)12-22(2)11-14-7-8-16(26-3)15(20)10-14/h7-8,10,13H,4-6,9,11-12H2,1-3H3,(H,21,25)/t13-,19-/m1/s1. The lowest BCUT2D eigenvalue weighted by molar-refractivity contribution is -0.135. The number of halogens is 1. The Labute approximate surface area is 153 Å². The molecule has 26 heavy (non-hydrogen) atoms. The Morgan fingerprint density at radius 3 is 2.81 bits per heavy atom. The van der Waals surface area contributed by atoms with E-state index in [9.17, 15) is 14.0 Å². The third kappa shape index (κ3) is 3.28. The van der Waals surface area contributed by atoms with E-state index >= 15 is 0 Å². The van der Waals surface area contributed by atoms with E-state index in [1.807, 2.05) is 11.8 Å². The zero-order chi connectivity index (χ0) is 18.9. The van der Waals surface area contributed by atoms with Crippen LogP contribution in [0.25, 0.3) is 0 Å². The van der Waals surface area contributed by atoms with E-state index in [2.05, 4.69) is 5.32 Å². The summed E-state index contributed by atoms with van der Waals surface area (Å²) in [6.07, 6.45) is 3.68. The maximum atomic E-state index is 13.8. The maximum absolute atomic E-state index is 13.8. The van der Waals surface area contributed by atoms with E-state index in [1.165, 1.54) is 18.1 Å². The number of nitrogens with zero attached hydrogens (tertiary/aromatic N) is 2. The molecule has 0 radical (unpaired) electrons. The van der Waals surface area contributed by atoms with Gasteiger partial charge in [-0.3, -0.25) is 9.69 Å². The van der Waals surface area contributed by atoms with Crippen molar-refractivity contribution in [2.75, 3.05) is 20.8 Å². The molecule has 2 fully saturated rings. The van der Waals surface area contributed by atoms with Crippen LogP contribution in [0, 0.1) is 11.7 Å². The Hall–Kier alpha value is -2.15. The number of urea groups is 1. The van der Waals surface area contributed by atoms with Gasteiger partial charge in [-0.05, 0) is 43.5 Å². The number of hydrogen-bond donors (Lipinski definition) is 1. The van der Waals surface area contributed by atoms with Crippen LogP contribution < -0.4 is 10.1 Å². The molecule has 0 bridgehead atoms. The second-order valence-corrected chi connectivity index (χ2v) is 7.41. The summed E-state index contributed by atoms with van der Waals surface area (Å²) < 4.78 is 18.8. The number of imide groups is 1. The van der Waals surface area contributed by atoms with Gasteiger partial charge in [0.1, 0.15) is 5.54 Å². The molecule has 6 nitrogen and oxygen atoms in total. The highest BCUT2D eigenvalue weighted by Gasteiger charge is 2.54. The highest BCUT2D eigenvalue weighted by Crippen LogP contribution is 2.38. The number of methoxy groups -OCH3 is 1. The van der Waals surface area contributed by atoms with Gasteiger partial charge in [0.15, 0.2) is 11.6 Å². The van der Waals surface area contributed by atoms with Gasteiger partial charge in [-0.15, -0.1) is 0 Å². The number of ether oxygens (including phenoxy) is 1. The highest BCUT2D eigenvalue weighted by molar-refractivity contribution is 6.07. The molecule has 1 saturated carbocycles. The average molecular weight is 363 g/mol. The molecule has 1 heterocycles. The molecule has 7 heteroatoms. The molecule has 2 atom stereocenters. The summed E-state index contributed by atoms with van der Waals surface area (Å²) >= 11 is 0. The second-order valence-electron chi connectivity index (χ2n) is 7.41. The van der Waals surface area contributed by atoms with Gasteiger partial charge in [0.25, 0.3) is 5.91 Å². The maximum Gasteiger partial charge on any atom is 0.326 e. The van der Waals surface area contributed by atoms with Crippen LogP contribution in [0.1, 0.15) is 38.2 Å². The predicted molar refractivity (Wildman–Crippen MR) is 95.0 cm³/mol. The molecule has 1 aliphatic carbocycles. The van der Waals surface area contributed by atoms with Crippen LogP contribution in [0.4, 0.5) is 9.18 Å². The summed E-state index contributed by atoms with van der Waals surface area (Å²) in [5.41, 5.74) is 0.00108. The SMILES string of the molecule is COc1ccc(CN(C)CN2C(=O)N[C@@]3(CCCC[C@H]3C)C2=O)cc1F. The van der Waals surface area contributed by atoms with Crippen molar-refractivity contribution in [3.63, 3.8) is 0 Å². The number of carbonyl (C=O) groups excluding carboxylic acids is 2. The van der Waals surface area contributed by atoms with Crippen LogP contribution in [-0.4, -0.2) is 48.1 Å². The summed E-state index contributed by atoms with van der Waals surface area (Å²) in [4.78, 5) is 28.5. The fourth-order valence-electron chi connectivity index (χ4n) is 4.04. The summed E-state index contributed by atoms with van der Waals surface area (Å²) in [5.74, 6) is -0.233. The predicted octanol–water partition coefficient (Wildman–Crippen LogP) is 2.72. The highest BCUT2D eigenvalue weighted by atomic mass is 19.1. The smallest absolute Gasteiger partial charge is 0.326 e. The Kier molecular flexibility index (Phi) is 5.18. The van der Waals surface area contributed by atoms with Crippen LogP contribution in [0.3, 0.4) is 0 Å². The lowest BCUT2D eigenvalue weighted by Crippen LogP contribution is -2.54. The molecule has 142 valence electrons. The van der Waals surface area contributed by atoms with E-state index in [1.54, 1.807) is 19.2 Å². The van der Waals surface area contributed by atoms with Gasteiger partial charge in [-0.2, -0.15) is 0 Å². The van der Waals surface area contributed by atoms with Gasteiger partial charge in [0.2, 0.25) is 0 Å². The van der Waals surface area contributed by atoms with Crippen LogP contribution in [0.2, 0.25) is 0 Å². The van der Waals surface area contributed by atoms with Gasteiger partial charge in [-0.1, -0.05) is 25.8 Å². The minimum Gasteiger partial charge on any atom is -0.494 e. The molecule has 1 aromatic rings. The number of amides is 3. The fraction of sp³-hybridized carbons (Fsp3) is 0.579. The average Bonchev–Trinajstić information content (AvgIpc) is 2.83. The van der Waals surface area contributed by atoms with Crippen LogP contribution in [-0.2, 0) is 11.3 Å². The van der Waals surface area contributed by atoms with E-state index in [0.29, 0.717) is 13.0 Å². The molecule has 3 amide bonds. The summed E-state index contributed by atoms with van der Waals surface area (Å²) in [5, 5.41) is 2.95. The minimum atomic E-state index is -0.748. The molecule has 1 aromatic carbocycles. The molecule has 1 saturated heterocycles. The molecular weight excluding hydrogens is 337 g/mol. The molecule has 0 unspecified atom stereocenters. The van der Waals surface area contributed by atoms with Gasteiger partial charge >= 0.3 is 6.03 Å². The number of rotatable bonds is 5. The first-order chi connectivity index (χ1) is 12.4. The van der Waals surface area contributed by atoms with Crippen molar-refractivity contribution < 1.29 is 18.7 Å². The van der Waals surface area contributed by atoms with Gasteiger partial charge in [0.05, 0.1) is 13.8 Å². The molecule has 1 aliphatic heterocycles. The zero-order valence-corrected chi connectivity index (χ0v) is 15.5. The number of hydrogen-bond acceptors (Lipinski definition) is 4. The number of nitrogens with one attached hydrogen (secondary N) is 1. The zero-order valence-electron chi connectivity index (χ0n) is 15.5. The van der Waals surface area contributed by atoms with Crippen molar-refractivity contribution in [1.82, 2.24) is 15.1 Å². The first kappa shape index (κ1) is 18.6. The van der Waals surface area contributed by atoms with E-state index in [-0.39, 0.29) is 30.3 Å². The number of benzene rings is 1. The fourth-order valence-corrected chi connectivity index (χ4v) is 4.04. The van der Waals surface area contributed by atoms with Gasteiger partial charge in [-0.25, -0.2) is 14.1 Å². The van der Waals surface area contributed by atoms with Crippen LogP contribution in [0.5, 0.6) is 5.75 Å². The normalized spacial score (nSPS) is 25.9. The Morgan fingerprint density at radius 1 is 1.38 bits per heavy atom. The molecule has 3 rings (SSSR count). The molecule has 0 aromatic heterocycles. The summed E-state index contributed by atoms with van der Waals surface area (Å²) in [6.45, 7) is 2.62. The minimum absolute atomic E-state index is 0.137. The van der Waals surface area contributed by atoms with Crippen LogP contribution >= 0.6 is 0 Å². The lowest BCUT2D eigenvalue weighted by Gasteiger charge is -2.37. The lowest BCUT2D eigenvalue weighted by atomic mass is 9.73. The quantitative estimate of drug-likeness (QED) is 0.817. The van der Waals surface area contributed by atoms with Gasteiger partial charge < -0.3 is 10.1 Å². The monoisotopic (exact) mass is 363 g/mol. The van der Waals surface area contributed by atoms with Crippen LogP contribution in [0.15, 0.2) is 18.2 Å². The third-order valence-electron chi connectivity index (χ3n) is 5.55. The molecule has 1 spiro atoms. The first-order valence-electron chi connectivity index (χ1n) is 9.02. The van der Waals surface area contributed by atoms with E-state index < -0.39 is 11.4 Å². The van der Waals surface area contributed by atoms with Crippen molar-refractivity contribution in [1.29, 1.82) is 0 Å². The number of carbonyl (C=O) groups is 2. The third-order valence-corrected chi connectivity index (χ3v) is 5.55. The van der Waals surface area contributed by atoms with E-state index in [4.69, 9.17) is 4.74 Å². The second kappa shape index (κ2) is 7.23. The first-order valence-corrected chi connectivity index (χ1v) is 9.02. The Bertz CT molecular complexity index is 711. The topological polar surface area (TPSA) is 61.9 Å². The van der Waals surface area contributed by atoms with Crippen molar-refractivity contribution in [3.8, 4) is 5.75 Å². The van der Waals surface area contributed by atoms with Crippen molar-refractivity contribution >= 4 is 11.9 Å². The molecule has 1 N–H and O–H groups in total.